The third-order valence-corrected chi connectivity index (χ3v) is 4.88. The number of amides is 1. The van der Waals surface area contributed by atoms with Crippen LogP contribution in [-0.4, -0.2) is 50.6 Å². The van der Waals surface area contributed by atoms with E-state index in [4.69, 9.17) is 4.74 Å². The molecule has 1 N–H and O–H groups in total. The second-order valence-corrected chi connectivity index (χ2v) is 6.50. The van der Waals surface area contributed by atoms with Gasteiger partial charge in [0.25, 0.3) is 0 Å². The lowest BCUT2D eigenvalue weighted by Crippen LogP contribution is -2.46. The number of hydrogen-bond acceptors (Lipinski definition) is 4. The van der Waals surface area contributed by atoms with Crippen LogP contribution in [0.5, 0.6) is 5.75 Å². The van der Waals surface area contributed by atoms with Gasteiger partial charge in [-0.25, -0.2) is 0 Å². The van der Waals surface area contributed by atoms with Crippen LogP contribution in [0.25, 0.3) is 6.08 Å². The van der Waals surface area contributed by atoms with Crippen molar-refractivity contribution in [2.75, 3.05) is 50.1 Å². The Labute approximate surface area is 161 Å². The van der Waals surface area contributed by atoms with Crippen molar-refractivity contribution in [2.24, 2.45) is 0 Å². The summed E-state index contributed by atoms with van der Waals surface area (Å²) < 4.78 is 5.32. The SMILES string of the molecule is CCN1CCN(c2ccccc2NC(=O)/C=C/c2ccccc2OC)CC1. The van der Waals surface area contributed by atoms with Gasteiger partial charge in [0, 0.05) is 37.8 Å². The van der Waals surface area contributed by atoms with Crippen molar-refractivity contribution >= 4 is 23.4 Å². The minimum atomic E-state index is -0.152. The zero-order chi connectivity index (χ0) is 19.1. The average molecular weight is 365 g/mol. The van der Waals surface area contributed by atoms with E-state index in [0.29, 0.717) is 0 Å². The van der Waals surface area contributed by atoms with Crippen molar-refractivity contribution in [3.8, 4) is 5.75 Å². The highest BCUT2D eigenvalue weighted by Gasteiger charge is 2.18. The number of likely N-dealkylation sites (N-methyl/N-ethyl adjacent to an activating group) is 1. The molecule has 0 atom stereocenters. The molecule has 2 aromatic rings. The van der Waals surface area contributed by atoms with Gasteiger partial charge in [-0.05, 0) is 30.8 Å². The van der Waals surface area contributed by atoms with Crippen molar-refractivity contribution < 1.29 is 9.53 Å². The Hall–Kier alpha value is -2.79. The molecule has 0 aromatic heterocycles. The highest BCUT2D eigenvalue weighted by Crippen LogP contribution is 2.27. The summed E-state index contributed by atoms with van der Waals surface area (Å²) in [6, 6.07) is 15.6. The molecule has 2 aromatic carbocycles. The zero-order valence-corrected chi connectivity index (χ0v) is 16.0. The number of rotatable bonds is 6. The van der Waals surface area contributed by atoms with Gasteiger partial charge >= 0.3 is 0 Å². The molecule has 27 heavy (non-hydrogen) atoms. The first-order chi connectivity index (χ1) is 13.2. The van der Waals surface area contributed by atoms with Crippen molar-refractivity contribution in [2.45, 2.75) is 6.92 Å². The van der Waals surface area contributed by atoms with Gasteiger partial charge in [-0.2, -0.15) is 0 Å². The quantitative estimate of drug-likeness (QED) is 0.796. The number of para-hydroxylation sites is 3. The average Bonchev–Trinajstić information content (AvgIpc) is 2.73. The van der Waals surface area contributed by atoms with E-state index < -0.39 is 0 Å². The van der Waals surface area contributed by atoms with Crippen molar-refractivity contribution in [1.82, 2.24) is 4.90 Å². The lowest BCUT2D eigenvalue weighted by Gasteiger charge is -2.36. The third kappa shape index (κ3) is 4.89. The minimum absolute atomic E-state index is 0.152. The summed E-state index contributed by atoms with van der Waals surface area (Å²) >= 11 is 0. The first-order valence-electron chi connectivity index (χ1n) is 9.39. The van der Waals surface area contributed by atoms with Crippen LogP contribution in [0.4, 0.5) is 11.4 Å². The molecule has 1 aliphatic rings. The summed E-state index contributed by atoms with van der Waals surface area (Å²) in [5.74, 6) is 0.594. The van der Waals surface area contributed by atoms with Crippen LogP contribution < -0.4 is 15.0 Å². The number of carbonyl (C=O) groups excluding carboxylic acids is 1. The third-order valence-electron chi connectivity index (χ3n) is 4.88. The Bertz CT molecular complexity index is 796. The second kappa shape index (κ2) is 9.24. The van der Waals surface area contributed by atoms with Crippen LogP contribution in [0.15, 0.2) is 54.6 Å². The molecule has 1 fully saturated rings. The smallest absolute Gasteiger partial charge is 0.248 e. The van der Waals surface area contributed by atoms with E-state index >= 15 is 0 Å². The molecule has 0 spiro atoms. The number of anilines is 2. The fraction of sp³-hybridized carbons (Fsp3) is 0.318. The maximum absolute atomic E-state index is 12.5. The number of benzene rings is 2. The predicted molar refractivity (Wildman–Crippen MR) is 111 cm³/mol. The Morgan fingerprint density at radius 1 is 1.07 bits per heavy atom. The Balaban J connectivity index is 1.69. The number of hydrogen-bond donors (Lipinski definition) is 1. The Morgan fingerprint density at radius 3 is 2.52 bits per heavy atom. The monoisotopic (exact) mass is 365 g/mol. The highest BCUT2D eigenvalue weighted by molar-refractivity contribution is 6.04. The molecule has 0 aliphatic carbocycles. The summed E-state index contributed by atoms with van der Waals surface area (Å²) in [6.45, 7) is 7.31. The highest BCUT2D eigenvalue weighted by atomic mass is 16.5. The normalized spacial score (nSPS) is 15.1. The first-order valence-corrected chi connectivity index (χ1v) is 9.39. The van der Waals surface area contributed by atoms with E-state index in [-0.39, 0.29) is 5.91 Å². The van der Waals surface area contributed by atoms with Crippen molar-refractivity contribution in [3.63, 3.8) is 0 Å². The molecule has 0 saturated carbocycles. The fourth-order valence-electron chi connectivity index (χ4n) is 3.30. The van der Waals surface area contributed by atoms with Gasteiger partial charge in [0.05, 0.1) is 18.5 Å². The molecule has 5 heteroatoms. The molecule has 3 rings (SSSR count). The van der Waals surface area contributed by atoms with Gasteiger partial charge in [0.1, 0.15) is 5.75 Å². The Morgan fingerprint density at radius 2 is 1.78 bits per heavy atom. The predicted octanol–water partition coefficient (Wildman–Crippen LogP) is 3.49. The van der Waals surface area contributed by atoms with Crippen LogP contribution in [0.3, 0.4) is 0 Å². The number of nitrogens with zero attached hydrogens (tertiary/aromatic N) is 2. The van der Waals surface area contributed by atoms with E-state index in [1.165, 1.54) is 0 Å². The molecule has 1 saturated heterocycles. The topological polar surface area (TPSA) is 44.8 Å². The van der Waals surface area contributed by atoms with Crippen LogP contribution in [0.2, 0.25) is 0 Å². The van der Waals surface area contributed by atoms with Crippen LogP contribution in [0, 0.1) is 0 Å². The molecule has 0 radical (unpaired) electrons. The maximum atomic E-state index is 12.5. The summed E-state index contributed by atoms with van der Waals surface area (Å²) in [4.78, 5) is 17.2. The summed E-state index contributed by atoms with van der Waals surface area (Å²) in [6.07, 6.45) is 3.32. The summed E-state index contributed by atoms with van der Waals surface area (Å²) in [5, 5.41) is 3.02. The number of methoxy groups -OCH3 is 1. The fourth-order valence-corrected chi connectivity index (χ4v) is 3.30. The zero-order valence-electron chi connectivity index (χ0n) is 16.0. The molecular formula is C22H27N3O2. The van der Waals surface area contributed by atoms with Gasteiger partial charge in [0.2, 0.25) is 5.91 Å². The lowest BCUT2D eigenvalue weighted by atomic mass is 10.2. The number of carbonyl (C=O) groups is 1. The van der Waals surface area contributed by atoms with Crippen LogP contribution in [0.1, 0.15) is 12.5 Å². The largest absolute Gasteiger partial charge is 0.496 e. The van der Waals surface area contributed by atoms with Crippen molar-refractivity contribution in [1.29, 1.82) is 0 Å². The molecular weight excluding hydrogens is 338 g/mol. The molecule has 0 unspecified atom stereocenters. The van der Waals surface area contributed by atoms with E-state index in [1.54, 1.807) is 19.3 Å². The lowest BCUT2D eigenvalue weighted by molar-refractivity contribution is -0.111. The molecule has 5 nitrogen and oxygen atoms in total. The number of ether oxygens (including phenoxy) is 1. The molecule has 0 bridgehead atoms. The number of piperazine rings is 1. The van der Waals surface area contributed by atoms with Gasteiger partial charge in [-0.15, -0.1) is 0 Å². The maximum Gasteiger partial charge on any atom is 0.248 e. The Kier molecular flexibility index (Phi) is 6.49. The second-order valence-electron chi connectivity index (χ2n) is 6.50. The van der Waals surface area contributed by atoms with Gasteiger partial charge in [-0.3, -0.25) is 4.79 Å². The summed E-state index contributed by atoms with van der Waals surface area (Å²) in [5.41, 5.74) is 2.79. The first kappa shape index (κ1) is 19.0. The van der Waals surface area contributed by atoms with Gasteiger partial charge in [-0.1, -0.05) is 37.3 Å². The van der Waals surface area contributed by atoms with Crippen LogP contribution >= 0.6 is 0 Å². The van der Waals surface area contributed by atoms with E-state index in [2.05, 4.69) is 28.1 Å². The molecule has 1 amide bonds. The molecule has 1 heterocycles. The van der Waals surface area contributed by atoms with E-state index in [9.17, 15) is 4.79 Å². The molecule has 1 aliphatic heterocycles. The van der Waals surface area contributed by atoms with E-state index in [1.807, 2.05) is 42.5 Å². The van der Waals surface area contributed by atoms with Crippen LogP contribution in [-0.2, 0) is 4.79 Å². The van der Waals surface area contributed by atoms with Gasteiger partial charge < -0.3 is 19.9 Å². The minimum Gasteiger partial charge on any atom is -0.496 e. The standard InChI is InChI=1S/C22H27N3O2/c1-3-24-14-16-25(17-15-24)20-10-6-5-9-19(20)23-22(26)13-12-18-8-4-7-11-21(18)27-2/h4-13H,3,14-17H2,1-2H3,(H,23,26)/b13-12+. The van der Waals surface area contributed by atoms with Crippen molar-refractivity contribution in [3.05, 3.63) is 60.2 Å². The van der Waals surface area contributed by atoms with Gasteiger partial charge in [0.15, 0.2) is 0 Å². The van der Waals surface area contributed by atoms with E-state index in [0.717, 1.165) is 55.4 Å². The summed E-state index contributed by atoms with van der Waals surface area (Å²) in [7, 11) is 1.63. The number of nitrogens with one attached hydrogen (secondary N) is 1. The molecule has 142 valence electrons.